The number of piperazine rings is 1. The Morgan fingerprint density at radius 1 is 1.09 bits per heavy atom. The van der Waals surface area contributed by atoms with Crippen molar-refractivity contribution in [1.29, 1.82) is 0 Å². The van der Waals surface area contributed by atoms with Gasteiger partial charge in [0.2, 0.25) is 0 Å². The molecule has 0 unspecified atom stereocenters. The zero-order valence-electron chi connectivity index (χ0n) is 15.1. The first-order valence-corrected chi connectivity index (χ1v) is 9.00. The first-order chi connectivity index (χ1) is 10.8. The number of nitrogens with zero attached hydrogens (tertiary/aromatic N) is 3. The van der Waals surface area contributed by atoms with E-state index in [1.807, 2.05) is 4.57 Å². The summed E-state index contributed by atoms with van der Waals surface area (Å²) in [5.41, 5.74) is 2.46. The Morgan fingerprint density at radius 3 is 2.30 bits per heavy atom. The summed E-state index contributed by atoms with van der Waals surface area (Å²) in [6, 6.07) is 2.17. The number of hydrogen-bond acceptors (Lipinski definition) is 3. The molecule has 1 saturated heterocycles. The van der Waals surface area contributed by atoms with Crippen LogP contribution in [-0.4, -0.2) is 54.1 Å². The Morgan fingerprint density at radius 2 is 1.74 bits per heavy atom. The zero-order valence-corrected chi connectivity index (χ0v) is 15.1. The van der Waals surface area contributed by atoms with E-state index in [4.69, 9.17) is 0 Å². The van der Waals surface area contributed by atoms with Gasteiger partial charge < -0.3 is 9.47 Å². The standard InChI is InChI=1S/C19H31N3O/c1-19(2,3)17-13-16(15-5-6-15)14-22(18(17)23)12-11-21-9-7-20(4)8-10-21/h13-15H,5-12H2,1-4H3. The lowest BCUT2D eigenvalue weighted by Crippen LogP contribution is -2.46. The fraction of sp³-hybridized carbons (Fsp3) is 0.737. The van der Waals surface area contributed by atoms with E-state index < -0.39 is 0 Å². The Bertz CT molecular complexity index is 602. The van der Waals surface area contributed by atoms with Crippen LogP contribution >= 0.6 is 0 Å². The van der Waals surface area contributed by atoms with Crippen molar-refractivity contribution in [2.24, 2.45) is 0 Å². The minimum Gasteiger partial charge on any atom is -0.314 e. The third kappa shape index (κ3) is 4.04. The molecule has 1 aliphatic heterocycles. The van der Waals surface area contributed by atoms with Crippen LogP contribution in [0.5, 0.6) is 0 Å². The van der Waals surface area contributed by atoms with Crippen LogP contribution < -0.4 is 5.56 Å². The summed E-state index contributed by atoms with van der Waals surface area (Å²) in [5, 5.41) is 0. The van der Waals surface area contributed by atoms with Gasteiger partial charge in [-0.15, -0.1) is 0 Å². The van der Waals surface area contributed by atoms with Gasteiger partial charge in [0.25, 0.3) is 5.56 Å². The number of rotatable bonds is 4. The molecule has 0 spiro atoms. The number of pyridine rings is 1. The summed E-state index contributed by atoms with van der Waals surface area (Å²) >= 11 is 0. The molecular formula is C19H31N3O. The number of likely N-dealkylation sites (N-methyl/N-ethyl adjacent to an activating group) is 1. The maximum Gasteiger partial charge on any atom is 0.254 e. The van der Waals surface area contributed by atoms with Crippen LogP contribution in [0.1, 0.15) is 50.7 Å². The number of aromatic nitrogens is 1. The molecule has 4 nitrogen and oxygen atoms in total. The van der Waals surface area contributed by atoms with E-state index in [0.29, 0.717) is 5.92 Å². The lowest BCUT2D eigenvalue weighted by molar-refractivity contribution is 0.149. The van der Waals surface area contributed by atoms with E-state index in [0.717, 1.165) is 44.8 Å². The number of hydrogen-bond donors (Lipinski definition) is 0. The van der Waals surface area contributed by atoms with Crippen molar-refractivity contribution in [3.05, 3.63) is 33.7 Å². The summed E-state index contributed by atoms with van der Waals surface area (Å²) < 4.78 is 1.98. The van der Waals surface area contributed by atoms with Gasteiger partial charge in [-0.05, 0) is 42.9 Å². The van der Waals surface area contributed by atoms with Gasteiger partial charge in [-0.2, -0.15) is 0 Å². The van der Waals surface area contributed by atoms with Crippen molar-refractivity contribution in [3.8, 4) is 0 Å². The quantitative estimate of drug-likeness (QED) is 0.853. The Kier molecular flexibility index (Phi) is 4.65. The second kappa shape index (κ2) is 6.40. The highest BCUT2D eigenvalue weighted by atomic mass is 16.1. The molecule has 0 aromatic carbocycles. The fourth-order valence-electron chi connectivity index (χ4n) is 3.32. The van der Waals surface area contributed by atoms with Gasteiger partial charge in [0.15, 0.2) is 0 Å². The smallest absolute Gasteiger partial charge is 0.254 e. The van der Waals surface area contributed by atoms with Gasteiger partial charge in [0.05, 0.1) is 0 Å². The molecule has 4 heteroatoms. The largest absolute Gasteiger partial charge is 0.314 e. The van der Waals surface area contributed by atoms with Crippen LogP contribution in [0.4, 0.5) is 0 Å². The van der Waals surface area contributed by atoms with Crippen molar-refractivity contribution in [3.63, 3.8) is 0 Å². The molecule has 2 fully saturated rings. The maximum atomic E-state index is 12.9. The van der Waals surface area contributed by atoms with E-state index in [9.17, 15) is 4.79 Å². The Balaban J connectivity index is 1.77. The van der Waals surface area contributed by atoms with Crippen LogP contribution in [0.15, 0.2) is 17.1 Å². The predicted octanol–water partition coefficient (Wildman–Crippen LogP) is 2.27. The van der Waals surface area contributed by atoms with Crippen molar-refractivity contribution in [2.75, 3.05) is 39.8 Å². The van der Waals surface area contributed by atoms with Gasteiger partial charge in [0.1, 0.15) is 0 Å². The summed E-state index contributed by atoms with van der Waals surface area (Å²) in [7, 11) is 2.18. The first kappa shape index (κ1) is 16.7. The second-order valence-corrected chi connectivity index (χ2v) is 8.35. The normalized spacial score (nSPS) is 20.9. The van der Waals surface area contributed by atoms with E-state index in [-0.39, 0.29) is 11.0 Å². The van der Waals surface area contributed by atoms with E-state index >= 15 is 0 Å². The highest BCUT2D eigenvalue weighted by molar-refractivity contribution is 5.30. The summed E-state index contributed by atoms with van der Waals surface area (Å²) in [6.07, 6.45) is 4.69. The lowest BCUT2D eigenvalue weighted by Gasteiger charge is -2.32. The fourth-order valence-corrected chi connectivity index (χ4v) is 3.32. The lowest BCUT2D eigenvalue weighted by atomic mass is 9.87. The molecule has 1 saturated carbocycles. The molecular weight excluding hydrogens is 286 g/mol. The third-order valence-electron chi connectivity index (χ3n) is 5.22. The summed E-state index contributed by atoms with van der Waals surface area (Å²) in [4.78, 5) is 17.7. The van der Waals surface area contributed by atoms with Crippen molar-refractivity contribution >= 4 is 0 Å². The van der Waals surface area contributed by atoms with Crippen LogP contribution in [0.2, 0.25) is 0 Å². The molecule has 2 heterocycles. The Labute approximate surface area is 140 Å². The van der Waals surface area contributed by atoms with E-state index in [2.05, 4.69) is 49.9 Å². The monoisotopic (exact) mass is 317 g/mol. The van der Waals surface area contributed by atoms with Gasteiger partial charge in [-0.3, -0.25) is 9.69 Å². The van der Waals surface area contributed by atoms with E-state index in [1.54, 1.807) is 0 Å². The predicted molar refractivity (Wildman–Crippen MR) is 95.3 cm³/mol. The SMILES string of the molecule is CN1CCN(CCn2cc(C3CC3)cc(C(C)(C)C)c2=O)CC1. The molecule has 128 valence electrons. The average Bonchev–Trinajstić information content (AvgIpc) is 3.31. The molecule has 1 aromatic rings. The highest BCUT2D eigenvalue weighted by Crippen LogP contribution is 2.40. The van der Waals surface area contributed by atoms with E-state index in [1.165, 1.54) is 18.4 Å². The first-order valence-electron chi connectivity index (χ1n) is 9.00. The molecule has 1 aromatic heterocycles. The molecule has 0 amide bonds. The van der Waals surface area contributed by atoms with Gasteiger partial charge in [0, 0.05) is 51.0 Å². The minimum absolute atomic E-state index is 0.0857. The topological polar surface area (TPSA) is 28.5 Å². The highest BCUT2D eigenvalue weighted by Gasteiger charge is 2.28. The molecule has 2 aliphatic rings. The van der Waals surface area contributed by atoms with Crippen molar-refractivity contribution < 1.29 is 0 Å². The van der Waals surface area contributed by atoms with Crippen LogP contribution in [-0.2, 0) is 12.0 Å². The van der Waals surface area contributed by atoms with Gasteiger partial charge in [-0.25, -0.2) is 0 Å². The Hall–Kier alpha value is -1.13. The summed E-state index contributed by atoms with van der Waals surface area (Å²) in [5.74, 6) is 0.687. The van der Waals surface area contributed by atoms with Crippen LogP contribution in [0.25, 0.3) is 0 Å². The molecule has 0 radical (unpaired) electrons. The minimum atomic E-state index is -0.0857. The molecule has 3 rings (SSSR count). The second-order valence-electron chi connectivity index (χ2n) is 8.35. The van der Waals surface area contributed by atoms with Crippen LogP contribution in [0, 0.1) is 0 Å². The molecule has 0 atom stereocenters. The summed E-state index contributed by atoms with van der Waals surface area (Å²) in [6.45, 7) is 12.7. The molecule has 23 heavy (non-hydrogen) atoms. The molecule has 1 aliphatic carbocycles. The average molecular weight is 317 g/mol. The van der Waals surface area contributed by atoms with Gasteiger partial charge in [-0.1, -0.05) is 20.8 Å². The maximum absolute atomic E-state index is 12.9. The van der Waals surface area contributed by atoms with Crippen molar-refractivity contribution in [1.82, 2.24) is 14.4 Å². The zero-order chi connectivity index (χ0) is 16.6. The van der Waals surface area contributed by atoms with Crippen LogP contribution in [0.3, 0.4) is 0 Å². The molecule has 0 bridgehead atoms. The molecule has 0 N–H and O–H groups in total. The van der Waals surface area contributed by atoms with Crippen molar-refractivity contribution in [2.45, 2.75) is 51.5 Å². The third-order valence-corrected chi connectivity index (χ3v) is 5.22. The van der Waals surface area contributed by atoms with Gasteiger partial charge >= 0.3 is 0 Å².